The lowest BCUT2D eigenvalue weighted by Gasteiger charge is -2.16. The molecule has 84 valence electrons. The fourth-order valence-electron chi connectivity index (χ4n) is 1.63. The molecular weight excluding hydrogens is 191 g/mol. The van der Waals surface area contributed by atoms with Crippen LogP contribution >= 0.6 is 0 Å². The summed E-state index contributed by atoms with van der Waals surface area (Å²) >= 11 is 0. The Bertz CT molecular complexity index is 312. The third kappa shape index (κ3) is 3.61. The van der Waals surface area contributed by atoms with Gasteiger partial charge in [0.15, 0.2) is 0 Å². The van der Waals surface area contributed by atoms with Crippen molar-refractivity contribution in [2.75, 3.05) is 13.6 Å². The first-order valence-corrected chi connectivity index (χ1v) is 5.33. The lowest BCUT2D eigenvalue weighted by atomic mass is 10.1. The van der Waals surface area contributed by atoms with Gasteiger partial charge in [0.2, 0.25) is 0 Å². The molecule has 0 aromatic heterocycles. The highest BCUT2D eigenvalue weighted by Gasteiger charge is 2.05. The number of hydrogen-bond acceptors (Lipinski definition) is 2. The van der Waals surface area contributed by atoms with E-state index in [1.807, 2.05) is 13.1 Å². The van der Waals surface area contributed by atoms with E-state index in [1.165, 1.54) is 6.07 Å². The molecule has 0 saturated heterocycles. The van der Waals surface area contributed by atoms with Crippen LogP contribution in [-0.4, -0.2) is 18.5 Å². The minimum atomic E-state index is -0.143. The highest BCUT2D eigenvalue weighted by Crippen LogP contribution is 2.12. The van der Waals surface area contributed by atoms with Crippen molar-refractivity contribution in [3.63, 3.8) is 0 Å². The molecule has 2 N–H and O–H groups in total. The van der Waals surface area contributed by atoms with Gasteiger partial charge in [-0.3, -0.25) is 0 Å². The Balaban J connectivity index is 2.74. The van der Waals surface area contributed by atoms with Gasteiger partial charge in [-0.2, -0.15) is 0 Å². The maximum absolute atomic E-state index is 13.4. The third-order valence-corrected chi connectivity index (χ3v) is 2.39. The molecule has 0 fully saturated rings. The van der Waals surface area contributed by atoms with Crippen molar-refractivity contribution in [1.82, 2.24) is 4.90 Å². The zero-order valence-electron chi connectivity index (χ0n) is 9.46. The SMILES string of the molecule is CCCN(C)Cc1cc(CN)ccc1F. The van der Waals surface area contributed by atoms with E-state index in [-0.39, 0.29) is 5.82 Å². The molecule has 0 unspecified atom stereocenters. The van der Waals surface area contributed by atoms with Crippen molar-refractivity contribution in [3.05, 3.63) is 35.1 Å². The van der Waals surface area contributed by atoms with Crippen LogP contribution in [0.2, 0.25) is 0 Å². The van der Waals surface area contributed by atoms with Gasteiger partial charge >= 0.3 is 0 Å². The summed E-state index contributed by atoms with van der Waals surface area (Å²) in [5, 5.41) is 0. The van der Waals surface area contributed by atoms with Gasteiger partial charge in [-0.1, -0.05) is 19.1 Å². The lowest BCUT2D eigenvalue weighted by molar-refractivity contribution is 0.322. The fourth-order valence-corrected chi connectivity index (χ4v) is 1.63. The van der Waals surface area contributed by atoms with Crippen molar-refractivity contribution in [3.8, 4) is 0 Å². The number of benzene rings is 1. The van der Waals surface area contributed by atoms with E-state index in [0.717, 1.165) is 24.1 Å². The minimum Gasteiger partial charge on any atom is -0.326 e. The van der Waals surface area contributed by atoms with E-state index < -0.39 is 0 Å². The summed E-state index contributed by atoms with van der Waals surface area (Å²) in [6.45, 7) is 4.20. The number of rotatable bonds is 5. The first-order chi connectivity index (χ1) is 7.17. The molecule has 0 heterocycles. The highest BCUT2D eigenvalue weighted by atomic mass is 19.1. The second-order valence-corrected chi connectivity index (χ2v) is 3.87. The summed E-state index contributed by atoms with van der Waals surface area (Å²) in [4.78, 5) is 2.11. The van der Waals surface area contributed by atoms with E-state index in [1.54, 1.807) is 6.07 Å². The zero-order chi connectivity index (χ0) is 11.3. The molecule has 0 amide bonds. The summed E-state index contributed by atoms with van der Waals surface area (Å²) in [6, 6.07) is 5.08. The van der Waals surface area contributed by atoms with Crippen LogP contribution in [0, 0.1) is 5.82 Å². The van der Waals surface area contributed by atoms with Gasteiger partial charge in [0.25, 0.3) is 0 Å². The topological polar surface area (TPSA) is 29.3 Å². The first kappa shape index (κ1) is 12.1. The second kappa shape index (κ2) is 5.83. The standard InChI is InChI=1S/C12H19FN2/c1-3-6-15(2)9-11-7-10(8-14)4-5-12(11)13/h4-5,7H,3,6,8-9,14H2,1-2H3. The van der Waals surface area contributed by atoms with Crippen LogP contribution in [0.25, 0.3) is 0 Å². The predicted octanol–water partition coefficient (Wildman–Crippen LogP) is 2.13. The van der Waals surface area contributed by atoms with Crippen LogP contribution in [0.1, 0.15) is 24.5 Å². The van der Waals surface area contributed by atoms with Crippen LogP contribution in [0.15, 0.2) is 18.2 Å². The molecule has 0 aliphatic carbocycles. The van der Waals surface area contributed by atoms with Crippen LogP contribution in [0.3, 0.4) is 0 Å². The zero-order valence-corrected chi connectivity index (χ0v) is 9.46. The van der Waals surface area contributed by atoms with Crippen molar-refractivity contribution < 1.29 is 4.39 Å². The quantitative estimate of drug-likeness (QED) is 0.806. The van der Waals surface area contributed by atoms with E-state index in [4.69, 9.17) is 5.73 Å². The highest BCUT2D eigenvalue weighted by molar-refractivity contribution is 5.24. The number of nitrogens with two attached hydrogens (primary N) is 1. The summed E-state index contributed by atoms with van der Waals surface area (Å²) in [5.74, 6) is -0.143. The average Bonchev–Trinajstić information content (AvgIpc) is 2.21. The molecule has 0 radical (unpaired) electrons. The van der Waals surface area contributed by atoms with Gasteiger partial charge in [-0.05, 0) is 31.6 Å². The molecule has 1 aromatic rings. The Morgan fingerprint density at radius 3 is 2.73 bits per heavy atom. The van der Waals surface area contributed by atoms with Crippen LogP contribution in [0.4, 0.5) is 4.39 Å². The van der Waals surface area contributed by atoms with Gasteiger partial charge in [-0.15, -0.1) is 0 Å². The van der Waals surface area contributed by atoms with Gasteiger partial charge in [0.05, 0.1) is 0 Å². The number of hydrogen-bond donors (Lipinski definition) is 1. The van der Waals surface area contributed by atoms with Crippen molar-refractivity contribution in [2.45, 2.75) is 26.4 Å². The number of nitrogens with zero attached hydrogens (tertiary/aromatic N) is 1. The molecule has 1 rings (SSSR count). The molecule has 0 bridgehead atoms. The predicted molar refractivity (Wildman–Crippen MR) is 60.9 cm³/mol. The molecule has 2 nitrogen and oxygen atoms in total. The Hall–Kier alpha value is -0.930. The Morgan fingerprint density at radius 2 is 2.13 bits per heavy atom. The Labute approximate surface area is 90.9 Å². The first-order valence-electron chi connectivity index (χ1n) is 5.33. The number of halogens is 1. The molecule has 3 heteroatoms. The van der Waals surface area contributed by atoms with Crippen molar-refractivity contribution in [1.29, 1.82) is 0 Å². The van der Waals surface area contributed by atoms with Gasteiger partial charge in [-0.25, -0.2) is 4.39 Å². The summed E-state index contributed by atoms with van der Waals surface area (Å²) in [6.07, 6.45) is 1.08. The third-order valence-electron chi connectivity index (χ3n) is 2.39. The molecule has 0 saturated carbocycles. The minimum absolute atomic E-state index is 0.143. The van der Waals surface area contributed by atoms with E-state index in [2.05, 4.69) is 11.8 Å². The summed E-state index contributed by atoms with van der Waals surface area (Å²) in [7, 11) is 2.00. The molecule has 0 atom stereocenters. The van der Waals surface area contributed by atoms with Crippen LogP contribution in [-0.2, 0) is 13.1 Å². The molecule has 0 aliphatic rings. The molecule has 1 aromatic carbocycles. The van der Waals surface area contributed by atoms with Crippen LogP contribution in [0.5, 0.6) is 0 Å². The second-order valence-electron chi connectivity index (χ2n) is 3.87. The lowest BCUT2D eigenvalue weighted by Crippen LogP contribution is -2.19. The normalized spacial score (nSPS) is 11.0. The van der Waals surface area contributed by atoms with Gasteiger partial charge < -0.3 is 10.6 Å². The molecule has 0 spiro atoms. The maximum Gasteiger partial charge on any atom is 0.127 e. The fraction of sp³-hybridized carbons (Fsp3) is 0.500. The summed E-state index contributed by atoms with van der Waals surface area (Å²) in [5.41, 5.74) is 7.24. The van der Waals surface area contributed by atoms with Crippen molar-refractivity contribution in [2.24, 2.45) is 5.73 Å². The van der Waals surface area contributed by atoms with Crippen LogP contribution < -0.4 is 5.73 Å². The van der Waals surface area contributed by atoms with Crippen molar-refractivity contribution >= 4 is 0 Å². The van der Waals surface area contributed by atoms with E-state index >= 15 is 0 Å². The molecule has 15 heavy (non-hydrogen) atoms. The largest absolute Gasteiger partial charge is 0.326 e. The maximum atomic E-state index is 13.4. The smallest absolute Gasteiger partial charge is 0.127 e. The molecule has 0 aliphatic heterocycles. The Kier molecular flexibility index (Phi) is 4.72. The van der Waals surface area contributed by atoms with E-state index in [0.29, 0.717) is 13.1 Å². The average molecular weight is 210 g/mol. The molecular formula is C12H19FN2. The Morgan fingerprint density at radius 1 is 1.40 bits per heavy atom. The van der Waals surface area contributed by atoms with E-state index in [9.17, 15) is 4.39 Å². The summed E-state index contributed by atoms with van der Waals surface area (Å²) < 4.78 is 13.4. The van der Waals surface area contributed by atoms with Gasteiger partial charge in [0, 0.05) is 18.7 Å². The monoisotopic (exact) mass is 210 g/mol. The van der Waals surface area contributed by atoms with Gasteiger partial charge in [0.1, 0.15) is 5.82 Å².